The molecule has 0 radical (unpaired) electrons. The van der Waals surface area contributed by atoms with Crippen molar-refractivity contribution in [2.24, 2.45) is 0 Å². The summed E-state index contributed by atoms with van der Waals surface area (Å²) in [5, 5.41) is 14.5. The quantitative estimate of drug-likeness (QED) is 0.502. The van der Waals surface area contributed by atoms with Crippen LogP contribution in [0.2, 0.25) is 0 Å². The lowest BCUT2D eigenvalue weighted by molar-refractivity contribution is 0.0858. The summed E-state index contributed by atoms with van der Waals surface area (Å²) in [6, 6.07) is 17.0. The number of fused-ring (bicyclic) bond motifs is 2. The van der Waals surface area contributed by atoms with Gasteiger partial charge in [0.2, 0.25) is 0 Å². The summed E-state index contributed by atoms with van der Waals surface area (Å²) >= 11 is 0. The number of pyridine rings is 1. The van der Waals surface area contributed by atoms with Gasteiger partial charge in [0.05, 0.1) is 12.1 Å². The largest absolute Gasteiger partial charge is 0.390 e. The second-order valence-electron chi connectivity index (χ2n) is 7.55. The number of rotatable bonds is 3. The number of aliphatic hydroxyl groups excluding tert-OH is 1. The highest BCUT2D eigenvalue weighted by Gasteiger charge is 2.32. The van der Waals surface area contributed by atoms with Gasteiger partial charge in [-0.05, 0) is 52.9 Å². The molecule has 5 nitrogen and oxygen atoms in total. The number of aromatic amines is 1. The maximum Gasteiger partial charge on any atom is 0.251 e. The SMILES string of the molecule is Cc1c[nH]c2nccc(-c3ccc(C(=O)N[C@@H]4c5ccccc5C[C@H]4O)cc3)c12. The minimum absolute atomic E-state index is 0.185. The second-order valence-corrected chi connectivity index (χ2v) is 7.55. The molecule has 0 unspecified atom stereocenters. The number of aromatic nitrogens is 2. The molecule has 1 amide bonds. The van der Waals surface area contributed by atoms with Gasteiger partial charge in [-0.3, -0.25) is 4.79 Å². The van der Waals surface area contributed by atoms with Crippen molar-refractivity contribution in [1.29, 1.82) is 0 Å². The number of carbonyl (C=O) groups excluding carboxylic acids is 1. The lowest BCUT2D eigenvalue weighted by Gasteiger charge is -2.18. The van der Waals surface area contributed by atoms with Gasteiger partial charge in [0, 0.05) is 29.8 Å². The van der Waals surface area contributed by atoms with E-state index >= 15 is 0 Å². The number of nitrogens with one attached hydrogen (secondary N) is 2. The average Bonchev–Trinajstić information content (AvgIpc) is 3.28. The molecule has 0 saturated heterocycles. The summed E-state index contributed by atoms with van der Waals surface area (Å²) in [7, 11) is 0. The molecule has 5 rings (SSSR count). The highest BCUT2D eigenvalue weighted by Crippen LogP contribution is 2.32. The molecule has 0 saturated carbocycles. The van der Waals surface area contributed by atoms with Gasteiger partial charge in [-0.2, -0.15) is 0 Å². The first-order valence-corrected chi connectivity index (χ1v) is 9.71. The van der Waals surface area contributed by atoms with E-state index < -0.39 is 6.10 Å². The Hall–Kier alpha value is -3.44. The minimum Gasteiger partial charge on any atom is -0.390 e. The van der Waals surface area contributed by atoms with Gasteiger partial charge in [0.25, 0.3) is 5.91 Å². The maximum absolute atomic E-state index is 12.8. The molecule has 29 heavy (non-hydrogen) atoms. The molecule has 5 heteroatoms. The summed E-state index contributed by atoms with van der Waals surface area (Å²) in [4.78, 5) is 20.3. The van der Waals surface area contributed by atoms with E-state index in [0.717, 1.165) is 38.9 Å². The number of amides is 1. The van der Waals surface area contributed by atoms with Crippen LogP contribution < -0.4 is 5.32 Å². The standard InChI is InChI=1S/C24H21N3O2/c1-14-13-26-23-21(14)18(10-11-25-23)15-6-8-16(9-7-15)24(29)27-22-19-5-3-2-4-17(19)12-20(22)28/h2-11,13,20,22,28H,12H2,1H3,(H,25,26)(H,27,29)/t20-,22-/m1/s1. The zero-order chi connectivity index (χ0) is 20.0. The highest BCUT2D eigenvalue weighted by atomic mass is 16.3. The van der Waals surface area contributed by atoms with Crippen molar-refractivity contribution < 1.29 is 9.90 Å². The van der Waals surface area contributed by atoms with Crippen LogP contribution in [0.25, 0.3) is 22.2 Å². The van der Waals surface area contributed by atoms with Crippen molar-refractivity contribution in [1.82, 2.24) is 15.3 Å². The molecule has 1 aliphatic carbocycles. The van der Waals surface area contributed by atoms with Crippen LogP contribution in [0.3, 0.4) is 0 Å². The first-order chi connectivity index (χ1) is 14.1. The summed E-state index contributed by atoms with van der Waals surface area (Å²) in [6.45, 7) is 2.05. The van der Waals surface area contributed by atoms with Crippen molar-refractivity contribution in [2.45, 2.75) is 25.5 Å². The van der Waals surface area contributed by atoms with Gasteiger partial charge in [-0.25, -0.2) is 4.98 Å². The first kappa shape index (κ1) is 17.6. The van der Waals surface area contributed by atoms with Crippen molar-refractivity contribution in [3.63, 3.8) is 0 Å². The minimum atomic E-state index is -0.600. The predicted molar refractivity (Wildman–Crippen MR) is 113 cm³/mol. The Kier molecular flexibility index (Phi) is 4.18. The molecule has 2 aromatic carbocycles. The molecule has 2 aromatic heterocycles. The monoisotopic (exact) mass is 383 g/mol. The summed E-state index contributed by atoms with van der Waals surface area (Å²) in [5.41, 5.74) is 6.76. The van der Waals surface area contributed by atoms with E-state index in [0.29, 0.717) is 12.0 Å². The Morgan fingerprint density at radius 2 is 1.93 bits per heavy atom. The van der Waals surface area contributed by atoms with Crippen LogP contribution in [0.4, 0.5) is 0 Å². The Labute approximate surface area is 168 Å². The fourth-order valence-corrected chi connectivity index (χ4v) is 4.23. The number of hydrogen-bond donors (Lipinski definition) is 3. The molecule has 0 spiro atoms. The second kappa shape index (κ2) is 6.87. The van der Waals surface area contributed by atoms with Crippen molar-refractivity contribution >= 4 is 16.9 Å². The van der Waals surface area contributed by atoms with Crippen molar-refractivity contribution in [2.75, 3.05) is 0 Å². The van der Waals surface area contributed by atoms with E-state index in [9.17, 15) is 9.90 Å². The number of nitrogens with zero attached hydrogens (tertiary/aromatic N) is 1. The fourth-order valence-electron chi connectivity index (χ4n) is 4.23. The predicted octanol–water partition coefficient (Wildman–Crippen LogP) is 3.93. The fraction of sp³-hybridized carbons (Fsp3) is 0.167. The van der Waals surface area contributed by atoms with Crippen LogP contribution in [0, 0.1) is 6.92 Å². The molecule has 4 aromatic rings. The zero-order valence-corrected chi connectivity index (χ0v) is 16.0. The molecule has 2 atom stereocenters. The van der Waals surface area contributed by atoms with Crippen molar-refractivity contribution in [3.8, 4) is 11.1 Å². The summed E-state index contributed by atoms with van der Waals surface area (Å²) in [6.07, 6.45) is 3.70. The molecule has 144 valence electrons. The third-order valence-corrected chi connectivity index (χ3v) is 5.72. The number of hydrogen-bond acceptors (Lipinski definition) is 3. The Balaban J connectivity index is 1.41. The van der Waals surface area contributed by atoms with Crippen LogP contribution in [-0.4, -0.2) is 27.1 Å². The zero-order valence-electron chi connectivity index (χ0n) is 16.0. The molecular formula is C24H21N3O2. The normalized spacial score (nSPS) is 18.0. The number of benzene rings is 2. The van der Waals surface area contributed by atoms with Crippen LogP contribution in [0.15, 0.2) is 67.0 Å². The van der Waals surface area contributed by atoms with Crippen molar-refractivity contribution in [3.05, 3.63) is 89.2 Å². The van der Waals surface area contributed by atoms with Gasteiger partial charge in [-0.1, -0.05) is 36.4 Å². The van der Waals surface area contributed by atoms with Crippen LogP contribution >= 0.6 is 0 Å². The third kappa shape index (κ3) is 3.00. The molecule has 0 bridgehead atoms. The highest BCUT2D eigenvalue weighted by molar-refractivity contribution is 5.98. The molecule has 2 heterocycles. The maximum atomic E-state index is 12.8. The van der Waals surface area contributed by atoms with Gasteiger partial charge in [-0.15, -0.1) is 0 Å². The van der Waals surface area contributed by atoms with Crippen LogP contribution in [-0.2, 0) is 6.42 Å². The Morgan fingerprint density at radius 1 is 1.14 bits per heavy atom. The van der Waals surface area contributed by atoms with E-state index in [1.807, 2.05) is 60.8 Å². The van der Waals surface area contributed by atoms with Crippen LogP contribution in [0.1, 0.15) is 33.1 Å². The Morgan fingerprint density at radius 3 is 2.76 bits per heavy atom. The molecule has 3 N–H and O–H groups in total. The van der Waals surface area contributed by atoms with E-state index in [2.05, 4.69) is 22.2 Å². The van der Waals surface area contributed by atoms with Gasteiger partial charge >= 0.3 is 0 Å². The van der Waals surface area contributed by atoms with Gasteiger partial charge in [0.1, 0.15) is 5.65 Å². The summed E-state index contributed by atoms with van der Waals surface area (Å²) < 4.78 is 0. The van der Waals surface area contributed by atoms with Gasteiger partial charge < -0.3 is 15.4 Å². The average molecular weight is 383 g/mol. The lowest BCUT2D eigenvalue weighted by atomic mass is 10.00. The lowest BCUT2D eigenvalue weighted by Crippen LogP contribution is -2.33. The van der Waals surface area contributed by atoms with Gasteiger partial charge in [0.15, 0.2) is 0 Å². The number of aryl methyl sites for hydroxylation is 1. The van der Waals surface area contributed by atoms with E-state index in [-0.39, 0.29) is 11.9 Å². The molecular weight excluding hydrogens is 362 g/mol. The molecule has 0 aliphatic heterocycles. The number of H-pyrrole nitrogens is 1. The molecule has 0 fully saturated rings. The summed E-state index contributed by atoms with van der Waals surface area (Å²) in [5.74, 6) is -0.185. The molecule has 1 aliphatic rings. The smallest absolute Gasteiger partial charge is 0.251 e. The first-order valence-electron chi connectivity index (χ1n) is 9.71. The number of aliphatic hydroxyl groups is 1. The Bertz CT molecular complexity index is 1210. The van der Waals surface area contributed by atoms with E-state index in [1.165, 1.54) is 0 Å². The third-order valence-electron chi connectivity index (χ3n) is 5.72. The topological polar surface area (TPSA) is 78.0 Å². The number of carbonyl (C=O) groups is 1. The van der Waals surface area contributed by atoms with Crippen LogP contribution in [0.5, 0.6) is 0 Å². The van der Waals surface area contributed by atoms with E-state index in [1.54, 1.807) is 6.20 Å². The van der Waals surface area contributed by atoms with E-state index in [4.69, 9.17) is 0 Å².